The lowest BCUT2D eigenvalue weighted by molar-refractivity contribution is -0.148. The summed E-state index contributed by atoms with van der Waals surface area (Å²) in [5.41, 5.74) is 7.58. The lowest BCUT2D eigenvalue weighted by Gasteiger charge is -2.34. The van der Waals surface area contributed by atoms with Crippen molar-refractivity contribution in [3.05, 3.63) is 65.4 Å². The normalized spacial score (nSPS) is 28.9. The van der Waals surface area contributed by atoms with Gasteiger partial charge in [0.2, 0.25) is 47.3 Å². The standard InChI is InChI=1S/C65H89N13O20S2/c1-32-30-78-53(54(32)85)60(91)68-29-40(80)23-44(67-26-34-8-10-36(11-9-34)61-74-75-62(99-61)37-14-12-35(13-15-37)39-27-69-65(70-28-39)76-20-18-43(19-21-76)97-42-6-4-3-5-7-42)57(88)71-50(33(2)79)63(92)77-31-41(81)24-45(77)58(89)73-52(59(90)72-51(64(78)93)47(83)25-49(66)84)56(87)55(86)38-16-17-46(82)48(22-38)98-100(94,95)96/h12-17,22,27-28,32-34,36,40-45,47,50-56,67,79-83,85-87H,3-11,18-21,23-26,29-31H2,1-2H3,(H2,66,84)(H,68,91)(H,71,88)(H,72,90)(H,73,89)(H,94,95,96)/t32-,33+,34?,36?,40+,41+,44-,45-,47+,50-,51-,52-,53-,54-,55-,56-/m0/s1. The molecule has 546 valence electrons. The number of piperidine rings is 1. The number of nitrogens with two attached hydrogens (primary N) is 1. The van der Waals surface area contributed by atoms with E-state index in [9.17, 15) is 87.4 Å². The number of phenolic OH excluding ortho intramolecular Hbond substituents is 1. The number of aromatic hydroxyl groups is 1. The number of aromatic nitrogens is 4. The minimum absolute atomic E-state index is 0.0384. The van der Waals surface area contributed by atoms with Crippen LogP contribution in [0, 0.1) is 11.8 Å². The molecule has 6 aliphatic rings. The van der Waals surface area contributed by atoms with Gasteiger partial charge in [-0.15, -0.1) is 10.2 Å². The summed E-state index contributed by atoms with van der Waals surface area (Å²) >= 11 is 1.50. The van der Waals surface area contributed by atoms with Gasteiger partial charge in [-0.1, -0.05) is 67.9 Å². The van der Waals surface area contributed by atoms with Gasteiger partial charge in [-0.2, -0.15) is 8.42 Å². The van der Waals surface area contributed by atoms with E-state index in [4.69, 9.17) is 20.4 Å². The number of carbonyl (C=O) groups is 7. The highest BCUT2D eigenvalue weighted by molar-refractivity contribution is 7.81. The molecule has 4 saturated heterocycles. The summed E-state index contributed by atoms with van der Waals surface area (Å²) in [6.45, 7) is 2.84. The zero-order chi connectivity index (χ0) is 71.9. The number of aliphatic hydroxyl groups excluding tert-OH is 7. The van der Waals surface area contributed by atoms with Crippen molar-refractivity contribution < 1.29 is 96.3 Å². The van der Waals surface area contributed by atoms with E-state index in [0.29, 0.717) is 43.8 Å². The minimum atomic E-state index is -5.32. The summed E-state index contributed by atoms with van der Waals surface area (Å²) in [6, 6.07) is -1.45. The number of anilines is 1. The Morgan fingerprint density at radius 2 is 1.38 bits per heavy atom. The largest absolute Gasteiger partial charge is 0.504 e. The number of hydrogen-bond acceptors (Lipinski definition) is 26. The summed E-state index contributed by atoms with van der Waals surface area (Å²) in [5.74, 6) is -10.7. The van der Waals surface area contributed by atoms with Crippen molar-refractivity contribution in [2.45, 2.75) is 201 Å². The van der Waals surface area contributed by atoms with Crippen LogP contribution >= 0.6 is 11.3 Å². The summed E-state index contributed by atoms with van der Waals surface area (Å²) in [5, 5.41) is 114. The third-order valence-corrected chi connectivity index (χ3v) is 21.2. The van der Waals surface area contributed by atoms with Gasteiger partial charge in [0.1, 0.15) is 52.4 Å². The van der Waals surface area contributed by atoms with Crippen molar-refractivity contribution in [1.82, 2.24) is 56.5 Å². The molecular weight excluding hydrogens is 1350 g/mol. The predicted molar refractivity (Wildman–Crippen MR) is 355 cm³/mol. The molecule has 4 aromatic rings. The molecular formula is C65H89N13O20S2. The van der Waals surface area contributed by atoms with E-state index in [1.807, 2.05) is 36.7 Å². The smallest absolute Gasteiger partial charge is 0.446 e. The predicted octanol–water partition coefficient (Wildman–Crippen LogP) is -1.68. The molecule has 2 saturated carbocycles. The molecule has 2 aliphatic carbocycles. The number of hydrogen-bond donors (Lipinski definition) is 15. The molecule has 16 N–H and O–H groups in total. The molecule has 0 spiro atoms. The molecule has 4 aliphatic heterocycles. The molecule has 2 aromatic carbocycles. The second-order valence-corrected chi connectivity index (χ2v) is 29.1. The van der Waals surface area contributed by atoms with Gasteiger partial charge in [0.05, 0.1) is 55.2 Å². The number of aliphatic hydroxyl groups is 7. The average molecular weight is 1440 g/mol. The lowest BCUT2D eigenvalue weighted by atomic mass is 9.82. The quantitative estimate of drug-likeness (QED) is 0.0495. The van der Waals surface area contributed by atoms with E-state index in [2.05, 4.69) is 45.9 Å². The number of primary amides is 1. The van der Waals surface area contributed by atoms with Crippen LogP contribution in [0.4, 0.5) is 5.95 Å². The molecule has 2 aromatic heterocycles. The molecule has 100 heavy (non-hydrogen) atoms. The number of benzene rings is 2. The second-order valence-electron chi connectivity index (χ2n) is 27.1. The molecule has 0 unspecified atom stereocenters. The number of rotatable bonds is 18. The van der Waals surface area contributed by atoms with Gasteiger partial charge < -0.3 is 96.8 Å². The molecule has 6 heterocycles. The molecule has 0 bridgehead atoms. The zero-order valence-electron chi connectivity index (χ0n) is 55.3. The second kappa shape index (κ2) is 33.0. The number of fused-ring (bicyclic) bond motifs is 2. The fraction of sp³-hybridized carbons (Fsp3) is 0.615. The Hall–Kier alpha value is -7.68. The fourth-order valence-electron chi connectivity index (χ4n) is 14.1. The third-order valence-electron chi connectivity index (χ3n) is 19.7. The van der Waals surface area contributed by atoms with Crippen LogP contribution < -0.4 is 41.4 Å². The van der Waals surface area contributed by atoms with Crippen LogP contribution in [0.15, 0.2) is 54.9 Å². The first-order valence-electron chi connectivity index (χ1n) is 33.8. The Balaban J connectivity index is 0.832. The van der Waals surface area contributed by atoms with Crippen LogP contribution in [0.25, 0.3) is 21.7 Å². The molecule has 0 radical (unpaired) electrons. The number of carbonyl (C=O) groups excluding carboxylic acids is 7. The highest BCUT2D eigenvalue weighted by atomic mass is 32.3. The maximum absolute atomic E-state index is 14.7. The minimum Gasteiger partial charge on any atom is -0.504 e. The fourth-order valence-corrected chi connectivity index (χ4v) is 15.5. The van der Waals surface area contributed by atoms with Crippen molar-refractivity contribution in [3.8, 4) is 33.2 Å². The lowest BCUT2D eigenvalue weighted by Crippen LogP contribution is -2.64. The van der Waals surface area contributed by atoms with E-state index < -0.39 is 193 Å². The van der Waals surface area contributed by atoms with Crippen molar-refractivity contribution >= 4 is 69.0 Å². The van der Waals surface area contributed by atoms with E-state index in [1.54, 1.807) is 0 Å². The number of phenols is 1. The average Bonchev–Trinajstić information content (AvgIpc) is 1.61. The van der Waals surface area contributed by atoms with Crippen LogP contribution in [0.1, 0.15) is 126 Å². The van der Waals surface area contributed by atoms with E-state index >= 15 is 0 Å². The first kappa shape index (κ1) is 75.0. The number of nitrogens with zero attached hydrogens (tertiary/aromatic N) is 7. The highest BCUT2D eigenvalue weighted by Crippen LogP contribution is 2.40. The number of nitrogens with one attached hydrogen (secondary N) is 5. The van der Waals surface area contributed by atoms with Gasteiger partial charge in [0.15, 0.2) is 11.5 Å². The Morgan fingerprint density at radius 1 is 0.740 bits per heavy atom. The number of β-amino-alcohol motifs (C(OH)–C–C–N with tert-alkyl or cyclic N) is 1. The highest BCUT2D eigenvalue weighted by Gasteiger charge is 2.50. The van der Waals surface area contributed by atoms with E-state index in [0.717, 1.165) is 94.3 Å². The van der Waals surface area contributed by atoms with Gasteiger partial charge in [-0.3, -0.25) is 38.1 Å². The van der Waals surface area contributed by atoms with Crippen LogP contribution in [-0.2, 0) is 48.7 Å². The molecule has 14 atom stereocenters. The molecule has 35 heteroatoms. The van der Waals surface area contributed by atoms with Crippen LogP contribution in [0.2, 0.25) is 0 Å². The van der Waals surface area contributed by atoms with Gasteiger partial charge in [0, 0.05) is 74.5 Å². The maximum atomic E-state index is 14.7. The summed E-state index contributed by atoms with van der Waals surface area (Å²) < 4.78 is 43.3. The van der Waals surface area contributed by atoms with Gasteiger partial charge in [-0.25, -0.2) is 9.97 Å². The van der Waals surface area contributed by atoms with Gasteiger partial charge in [0.25, 0.3) is 0 Å². The Kier molecular flexibility index (Phi) is 24.7. The van der Waals surface area contributed by atoms with Crippen LogP contribution in [-0.4, -0.2) is 249 Å². The van der Waals surface area contributed by atoms with E-state index in [1.165, 1.54) is 37.5 Å². The summed E-state index contributed by atoms with van der Waals surface area (Å²) in [4.78, 5) is 113. The first-order valence-corrected chi connectivity index (χ1v) is 36.0. The Labute approximate surface area is 580 Å². The summed E-state index contributed by atoms with van der Waals surface area (Å²) in [6.07, 6.45) is -0.676. The monoisotopic (exact) mass is 1440 g/mol. The van der Waals surface area contributed by atoms with Crippen molar-refractivity contribution in [2.24, 2.45) is 17.6 Å². The zero-order valence-corrected chi connectivity index (χ0v) is 56.9. The van der Waals surface area contributed by atoms with Crippen molar-refractivity contribution in [1.29, 1.82) is 0 Å². The molecule has 6 fully saturated rings. The molecule has 10 rings (SSSR count). The third kappa shape index (κ3) is 18.5. The SMILES string of the molecule is C[C@@H](O)[C@@H]1NC(=O)[C@@H](NCC2CCC(c3nnc(-c4ccc(-c5cnc(N6CCC(OC7CCCCC7)CC6)nc5)cc4)s3)CC2)C[C@@H](O)CNC(=O)[C@@H]2[C@@H](O)[C@@H](C)CN2C(=O)[C@H]([C@H](O)CC(N)=O)NC(=O)[C@H]([C@H](O)[C@@H](O)c2ccc(O)c(OS(=O)(=O)O)c2)NC(=O)[C@@H]2C[C@@H](O)CN2C1=O. The van der Waals surface area contributed by atoms with Gasteiger partial charge in [-0.05, 0) is 100 Å². The first-order chi connectivity index (χ1) is 47.6. The molecule has 7 amide bonds. The van der Waals surface area contributed by atoms with E-state index in [-0.39, 0.29) is 24.5 Å². The maximum Gasteiger partial charge on any atom is 0.446 e. The van der Waals surface area contributed by atoms with Crippen LogP contribution in [0.5, 0.6) is 11.5 Å². The Bertz CT molecular complexity index is 3650. The number of ether oxygens (including phenoxy) is 1. The van der Waals surface area contributed by atoms with Crippen molar-refractivity contribution in [3.63, 3.8) is 0 Å². The topological polar surface area (TPSA) is 502 Å². The number of amides is 7. The van der Waals surface area contributed by atoms with Crippen LogP contribution in [0.3, 0.4) is 0 Å². The van der Waals surface area contributed by atoms with Crippen molar-refractivity contribution in [2.75, 3.05) is 44.2 Å². The Morgan fingerprint density at radius 3 is 2.04 bits per heavy atom. The summed E-state index contributed by atoms with van der Waals surface area (Å²) in [7, 11) is -5.32. The molecule has 33 nitrogen and oxygen atoms in total. The van der Waals surface area contributed by atoms with Gasteiger partial charge >= 0.3 is 10.4 Å².